The van der Waals surface area contributed by atoms with Crippen LogP contribution in [0.1, 0.15) is 50.6 Å². The van der Waals surface area contributed by atoms with Crippen molar-refractivity contribution in [1.82, 2.24) is 4.98 Å². The number of carboxylic acids is 1. The van der Waals surface area contributed by atoms with Crippen molar-refractivity contribution < 1.29 is 14.6 Å². The van der Waals surface area contributed by atoms with Crippen LogP contribution >= 0.6 is 0 Å². The molecule has 3 rings (SSSR count). The number of rotatable bonds is 5. The summed E-state index contributed by atoms with van der Waals surface area (Å²) in [5.41, 5.74) is 4.61. The molecule has 0 saturated carbocycles. The van der Waals surface area contributed by atoms with Crippen molar-refractivity contribution in [1.29, 1.82) is 0 Å². The highest BCUT2D eigenvalue weighted by atomic mass is 16.5. The molecule has 1 heterocycles. The molecule has 146 valence electrons. The fourth-order valence-corrected chi connectivity index (χ4v) is 3.47. The number of hydrogen-bond acceptors (Lipinski definition) is 3. The molecule has 1 aromatic heterocycles. The van der Waals surface area contributed by atoms with Gasteiger partial charge < -0.3 is 9.84 Å². The first kappa shape index (κ1) is 20.0. The maximum absolute atomic E-state index is 12.2. The molecular weight excluding hydrogens is 350 g/mol. The van der Waals surface area contributed by atoms with Gasteiger partial charge in [0.05, 0.1) is 11.1 Å². The fraction of sp³-hybridized carbons (Fsp3) is 0.333. The first-order valence-corrected chi connectivity index (χ1v) is 9.60. The normalized spacial score (nSPS) is 12.9. The number of aryl methyl sites for hydroxylation is 2. The monoisotopic (exact) mass is 377 g/mol. The minimum Gasteiger partial charge on any atom is -0.479 e. The van der Waals surface area contributed by atoms with Crippen LogP contribution < -0.4 is 0 Å². The molecule has 0 spiro atoms. The van der Waals surface area contributed by atoms with Crippen LogP contribution in [0.25, 0.3) is 22.0 Å². The lowest BCUT2D eigenvalue weighted by Gasteiger charge is -2.28. The lowest BCUT2D eigenvalue weighted by atomic mass is 9.90. The van der Waals surface area contributed by atoms with Gasteiger partial charge in [0, 0.05) is 16.6 Å². The summed E-state index contributed by atoms with van der Waals surface area (Å²) in [4.78, 5) is 16.9. The highest BCUT2D eigenvalue weighted by Crippen LogP contribution is 2.39. The van der Waals surface area contributed by atoms with Gasteiger partial charge in [-0.3, -0.25) is 4.98 Å². The van der Waals surface area contributed by atoms with Gasteiger partial charge in [0.25, 0.3) is 0 Å². The van der Waals surface area contributed by atoms with Crippen LogP contribution in [0, 0.1) is 6.92 Å². The average molecular weight is 377 g/mol. The van der Waals surface area contributed by atoms with Crippen LogP contribution in [0.3, 0.4) is 0 Å². The van der Waals surface area contributed by atoms with Crippen molar-refractivity contribution in [2.45, 2.75) is 52.7 Å². The van der Waals surface area contributed by atoms with Gasteiger partial charge in [0.2, 0.25) is 0 Å². The minimum atomic E-state index is -1.10. The largest absolute Gasteiger partial charge is 0.479 e. The molecule has 0 bridgehead atoms. The lowest BCUT2D eigenvalue weighted by molar-refractivity contribution is -0.160. The summed E-state index contributed by atoms with van der Waals surface area (Å²) in [6, 6.07) is 16.1. The van der Waals surface area contributed by atoms with E-state index in [2.05, 4.69) is 36.2 Å². The lowest BCUT2D eigenvalue weighted by Crippen LogP contribution is -2.28. The first-order chi connectivity index (χ1) is 13.2. The number of carbonyl (C=O) groups is 1. The van der Waals surface area contributed by atoms with Gasteiger partial charge >= 0.3 is 5.97 Å². The molecule has 0 aliphatic heterocycles. The molecule has 28 heavy (non-hydrogen) atoms. The Morgan fingerprint density at radius 2 is 1.75 bits per heavy atom. The Kier molecular flexibility index (Phi) is 5.52. The van der Waals surface area contributed by atoms with E-state index in [1.165, 1.54) is 5.56 Å². The number of fused-ring (bicyclic) bond motifs is 1. The molecule has 1 N–H and O–H groups in total. The van der Waals surface area contributed by atoms with Crippen LogP contribution in [-0.2, 0) is 16.0 Å². The zero-order valence-electron chi connectivity index (χ0n) is 17.1. The maximum Gasteiger partial charge on any atom is 0.337 e. The molecule has 0 saturated heterocycles. The number of benzene rings is 2. The Morgan fingerprint density at radius 3 is 2.32 bits per heavy atom. The summed E-state index contributed by atoms with van der Waals surface area (Å²) >= 11 is 0. The van der Waals surface area contributed by atoms with Gasteiger partial charge in [-0.05, 0) is 56.9 Å². The van der Waals surface area contributed by atoms with Gasteiger partial charge in [-0.1, -0.05) is 49.4 Å². The minimum absolute atomic E-state index is 0.607. The number of aliphatic carboxylic acids is 1. The van der Waals surface area contributed by atoms with Crippen molar-refractivity contribution in [2.75, 3.05) is 0 Å². The Labute approximate surface area is 166 Å². The second-order valence-corrected chi connectivity index (χ2v) is 8.00. The summed E-state index contributed by atoms with van der Waals surface area (Å²) < 4.78 is 5.98. The Balaban J connectivity index is 2.34. The van der Waals surface area contributed by atoms with E-state index in [1.54, 1.807) is 0 Å². The van der Waals surface area contributed by atoms with E-state index in [9.17, 15) is 9.90 Å². The van der Waals surface area contributed by atoms with Crippen LogP contribution in [0.5, 0.6) is 0 Å². The maximum atomic E-state index is 12.2. The second-order valence-electron chi connectivity index (χ2n) is 8.00. The smallest absolute Gasteiger partial charge is 0.337 e. The third-order valence-corrected chi connectivity index (χ3v) is 4.73. The molecule has 0 radical (unpaired) electrons. The fourth-order valence-electron chi connectivity index (χ4n) is 3.47. The van der Waals surface area contributed by atoms with E-state index in [-0.39, 0.29) is 0 Å². The predicted molar refractivity (Wildman–Crippen MR) is 113 cm³/mol. The van der Waals surface area contributed by atoms with Gasteiger partial charge in [0.15, 0.2) is 6.10 Å². The summed E-state index contributed by atoms with van der Waals surface area (Å²) in [5.74, 6) is -1.01. The topological polar surface area (TPSA) is 59.4 Å². The molecule has 1 atom stereocenters. The van der Waals surface area contributed by atoms with Crippen molar-refractivity contribution in [2.24, 2.45) is 0 Å². The number of para-hydroxylation sites is 1. The van der Waals surface area contributed by atoms with Crippen LogP contribution in [0.2, 0.25) is 0 Å². The van der Waals surface area contributed by atoms with Gasteiger partial charge in [-0.25, -0.2) is 4.79 Å². The third-order valence-electron chi connectivity index (χ3n) is 4.73. The molecule has 0 aliphatic carbocycles. The second kappa shape index (κ2) is 7.72. The molecule has 0 amide bonds. The molecule has 4 nitrogen and oxygen atoms in total. The van der Waals surface area contributed by atoms with Crippen molar-refractivity contribution in [3.05, 3.63) is 65.4 Å². The average Bonchev–Trinajstić information content (AvgIpc) is 2.64. The van der Waals surface area contributed by atoms with Crippen LogP contribution in [0.15, 0.2) is 48.5 Å². The van der Waals surface area contributed by atoms with E-state index in [1.807, 2.05) is 52.0 Å². The number of pyridine rings is 1. The Hall–Kier alpha value is -2.72. The number of carboxylic acid groups (broad SMARTS) is 1. The zero-order chi connectivity index (χ0) is 20.5. The zero-order valence-corrected chi connectivity index (χ0v) is 17.1. The molecular formula is C24H27NO3. The van der Waals surface area contributed by atoms with Gasteiger partial charge in [-0.2, -0.15) is 0 Å². The summed E-state index contributed by atoms with van der Waals surface area (Å²) in [6.07, 6.45) is -0.147. The molecule has 2 aromatic carbocycles. The predicted octanol–water partition coefficient (Wildman–Crippen LogP) is 5.71. The van der Waals surface area contributed by atoms with E-state index in [0.717, 1.165) is 28.5 Å². The summed E-state index contributed by atoms with van der Waals surface area (Å²) in [6.45, 7) is 9.56. The van der Waals surface area contributed by atoms with Crippen LogP contribution in [-0.4, -0.2) is 21.7 Å². The Morgan fingerprint density at radius 1 is 1.11 bits per heavy atom. The Bertz CT molecular complexity index is 1000. The highest BCUT2D eigenvalue weighted by molar-refractivity contribution is 5.98. The van der Waals surface area contributed by atoms with E-state index in [0.29, 0.717) is 11.3 Å². The van der Waals surface area contributed by atoms with Crippen molar-refractivity contribution >= 4 is 16.9 Å². The molecule has 0 unspecified atom stereocenters. The number of hydrogen-bond donors (Lipinski definition) is 1. The molecule has 0 aliphatic rings. The number of aromatic nitrogens is 1. The first-order valence-electron chi connectivity index (χ1n) is 9.60. The molecule has 0 fully saturated rings. The standard InChI is InChI=1S/C24H27NO3/c1-6-16-11-13-17(14-12-16)21-18-9-7-8-10-19(18)25-15(2)20(21)22(23(26)27)28-24(3,4)5/h7-14,22H,6H2,1-5H3,(H,26,27)/t22-/m0/s1. The van der Waals surface area contributed by atoms with Gasteiger partial charge in [0.1, 0.15) is 0 Å². The number of nitrogens with zero attached hydrogens (tertiary/aromatic N) is 1. The highest BCUT2D eigenvalue weighted by Gasteiger charge is 2.32. The third kappa shape index (κ3) is 4.07. The van der Waals surface area contributed by atoms with E-state index >= 15 is 0 Å². The van der Waals surface area contributed by atoms with E-state index in [4.69, 9.17) is 4.74 Å². The van der Waals surface area contributed by atoms with E-state index < -0.39 is 17.7 Å². The van der Waals surface area contributed by atoms with Crippen molar-refractivity contribution in [3.63, 3.8) is 0 Å². The molecule has 3 aromatic rings. The molecule has 4 heteroatoms. The van der Waals surface area contributed by atoms with Crippen molar-refractivity contribution in [3.8, 4) is 11.1 Å². The van der Waals surface area contributed by atoms with Gasteiger partial charge in [-0.15, -0.1) is 0 Å². The number of ether oxygens (including phenoxy) is 1. The summed E-state index contributed by atoms with van der Waals surface area (Å²) in [5, 5.41) is 10.9. The summed E-state index contributed by atoms with van der Waals surface area (Å²) in [7, 11) is 0. The SMILES string of the molecule is CCc1ccc(-c2c([C@H](OC(C)(C)C)C(=O)O)c(C)nc3ccccc23)cc1. The quantitative estimate of drug-likeness (QED) is 0.618. The van der Waals surface area contributed by atoms with Crippen LogP contribution in [0.4, 0.5) is 0 Å².